The fourth-order valence-electron chi connectivity index (χ4n) is 4.98. The molecule has 0 unspecified atom stereocenters. The number of unbranched alkanes of at least 4 members (excludes halogenated alkanes) is 17. The first-order valence-electron chi connectivity index (χ1n) is 17.4. The molecule has 0 radical (unpaired) electrons. The molecule has 0 bridgehead atoms. The highest BCUT2D eigenvalue weighted by Gasteiger charge is 2.03. The first-order chi connectivity index (χ1) is 19.6. The van der Waals surface area contributed by atoms with E-state index in [0.29, 0.717) is 13.0 Å². The Morgan fingerprint density at radius 2 is 0.975 bits per heavy atom. The van der Waals surface area contributed by atoms with E-state index in [1.54, 1.807) is 0 Å². The highest BCUT2D eigenvalue weighted by molar-refractivity contribution is 5.69. The van der Waals surface area contributed by atoms with Gasteiger partial charge in [-0.3, -0.25) is 4.79 Å². The van der Waals surface area contributed by atoms with Gasteiger partial charge in [-0.15, -0.1) is 0 Å². The number of aliphatic hydroxyl groups is 2. The molecule has 0 amide bonds. The molecule has 0 spiro atoms. The summed E-state index contributed by atoms with van der Waals surface area (Å²) < 4.78 is 5.40. The van der Waals surface area contributed by atoms with E-state index in [0.717, 1.165) is 77.0 Å². The third-order valence-electron chi connectivity index (χ3n) is 7.71. The third-order valence-corrected chi connectivity index (χ3v) is 7.71. The maximum atomic E-state index is 11.9. The molecule has 0 rings (SSSR count). The summed E-state index contributed by atoms with van der Waals surface area (Å²) in [5.74, 6) is -0.0333. The van der Waals surface area contributed by atoms with Crippen molar-refractivity contribution in [3.05, 3.63) is 24.3 Å². The predicted molar refractivity (Wildman–Crippen MR) is 173 cm³/mol. The van der Waals surface area contributed by atoms with Gasteiger partial charge in [-0.05, 0) is 64.2 Å². The number of allylic oxidation sites excluding steroid dienone is 2. The van der Waals surface area contributed by atoms with E-state index in [-0.39, 0.29) is 18.2 Å². The van der Waals surface area contributed by atoms with Gasteiger partial charge >= 0.3 is 5.97 Å². The Morgan fingerprint density at radius 3 is 1.48 bits per heavy atom. The van der Waals surface area contributed by atoms with E-state index in [2.05, 4.69) is 38.2 Å². The van der Waals surface area contributed by atoms with Crippen LogP contribution in [0.1, 0.15) is 181 Å². The maximum Gasteiger partial charge on any atom is 0.305 e. The lowest BCUT2D eigenvalue weighted by molar-refractivity contribution is -0.143. The van der Waals surface area contributed by atoms with Crippen LogP contribution in [0.15, 0.2) is 24.3 Å². The van der Waals surface area contributed by atoms with Crippen molar-refractivity contribution < 1.29 is 19.7 Å². The minimum Gasteiger partial charge on any atom is -0.466 e. The molecule has 0 aromatic heterocycles. The van der Waals surface area contributed by atoms with Gasteiger partial charge in [0.05, 0.1) is 18.8 Å². The Balaban J connectivity index is 3.35. The third kappa shape index (κ3) is 31.4. The van der Waals surface area contributed by atoms with Crippen molar-refractivity contribution in [1.29, 1.82) is 0 Å². The fraction of sp³-hybridized carbons (Fsp3) is 0.861. The van der Waals surface area contributed by atoms with Gasteiger partial charge in [-0.1, -0.05) is 134 Å². The number of rotatable bonds is 31. The molecule has 0 saturated heterocycles. The van der Waals surface area contributed by atoms with Crippen molar-refractivity contribution in [3.63, 3.8) is 0 Å². The Bertz CT molecular complexity index is 571. The molecule has 4 nitrogen and oxygen atoms in total. The summed E-state index contributed by atoms with van der Waals surface area (Å²) in [6.07, 6.45) is 37.1. The van der Waals surface area contributed by atoms with E-state index in [1.807, 2.05) is 0 Å². The molecule has 2 N–H and O–H groups in total. The summed E-state index contributed by atoms with van der Waals surface area (Å²) in [4.78, 5) is 11.9. The SMILES string of the molecule is CCCCCC[C@@H](O)C/C=C\CCCCCCCC(=O)OCCCCCCCC/C=C/C[C@H](O)CCCCCC. The monoisotopic (exact) mass is 565 g/mol. The van der Waals surface area contributed by atoms with Crippen molar-refractivity contribution in [2.45, 2.75) is 193 Å². The number of ether oxygens (including phenoxy) is 1. The van der Waals surface area contributed by atoms with E-state index >= 15 is 0 Å². The average molecular weight is 565 g/mol. The second-order valence-corrected chi connectivity index (χ2v) is 11.9. The predicted octanol–water partition coefficient (Wildman–Crippen LogP) is 10.5. The quantitative estimate of drug-likeness (QED) is 0.0499. The topological polar surface area (TPSA) is 66.8 Å². The molecule has 0 heterocycles. The minimum atomic E-state index is -0.173. The smallest absolute Gasteiger partial charge is 0.305 e. The molecule has 0 aliphatic rings. The minimum absolute atomic E-state index is 0.0333. The van der Waals surface area contributed by atoms with Crippen molar-refractivity contribution in [3.8, 4) is 0 Å². The largest absolute Gasteiger partial charge is 0.466 e. The number of hydrogen-bond acceptors (Lipinski definition) is 4. The van der Waals surface area contributed by atoms with Crippen molar-refractivity contribution in [2.75, 3.05) is 6.61 Å². The lowest BCUT2D eigenvalue weighted by Crippen LogP contribution is -2.05. The molecule has 236 valence electrons. The first-order valence-corrected chi connectivity index (χ1v) is 17.4. The van der Waals surface area contributed by atoms with Gasteiger partial charge in [0.1, 0.15) is 0 Å². The van der Waals surface area contributed by atoms with Crippen LogP contribution >= 0.6 is 0 Å². The van der Waals surface area contributed by atoms with Crippen LogP contribution in [0.3, 0.4) is 0 Å². The van der Waals surface area contributed by atoms with E-state index in [1.165, 1.54) is 83.5 Å². The summed E-state index contributed by atoms with van der Waals surface area (Å²) in [5.41, 5.74) is 0. The zero-order valence-electron chi connectivity index (χ0n) is 26.8. The Kier molecular flexibility index (Phi) is 31.5. The van der Waals surface area contributed by atoms with Crippen LogP contribution in [0, 0.1) is 0 Å². The summed E-state index contributed by atoms with van der Waals surface area (Å²) in [5, 5.41) is 20.0. The first kappa shape index (κ1) is 38.9. The van der Waals surface area contributed by atoms with Crippen LogP contribution in [0.25, 0.3) is 0 Å². The van der Waals surface area contributed by atoms with Gasteiger partial charge in [-0.25, -0.2) is 0 Å². The molecular weight excluding hydrogens is 496 g/mol. The summed E-state index contributed by atoms with van der Waals surface area (Å²) in [6, 6.07) is 0. The van der Waals surface area contributed by atoms with Gasteiger partial charge in [0.15, 0.2) is 0 Å². The molecule has 0 aromatic rings. The van der Waals surface area contributed by atoms with Crippen LogP contribution in [0.5, 0.6) is 0 Å². The number of esters is 1. The lowest BCUT2D eigenvalue weighted by atomic mass is 10.1. The molecular formula is C36H68O4. The highest BCUT2D eigenvalue weighted by atomic mass is 16.5. The molecule has 40 heavy (non-hydrogen) atoms. The normalized spacial score (nSPS) is 13.4. The van der Waals surface area contributed by atoms with Gasteiger partial charge in [0, 0.05) is 6.42 Å². The van der Waals surface area contributed by atoms with Gasteiger partial charge in [-0.2, -0.15) is 0 Å². The number of aliphatic hydroxyl groups excluding tert-OH is 2. The van der Waals surface area contributed by atoms with Crippen LogP contribution in [-0.2, 0) is 9.53 Å². The lowest BCUT2D eigenvalue weighted by Gasteiger charge is -2.07. The van der Waals surface area contributed by atoms with Crippen molar-refractivity contribution >= 4 is 5.97 Å². The Morgan fingerprint density at radius 1 is 0.550 bits per heavy atom. The van der Waals surface area contributed by atoms with E-state index < -0.39 is 0 Å². The summed E-state index contributed by atoms with van der Waals surface area (Å²) in [7, 11) is 0. The van der Waals surface area contributed by atoms with Crippen LogP contribution in [0.4, 0.5) is 0 Å². The number of carbonyl (C=O) groups excluding carboxylic acids is 1. The zero-order chi connectivity index (χ0) is 29.4. The Hall–Kier alpha value is -1.13. The molecule has 2 atom stereocenters. The second kappa shape index (κ2) is 32.4. The van der Waals surface area contributed by atoms with Crippen molar-refractivity contribution in [1.82, 2.24) is 0 Å². The molecule has 0 saturated carbocycles. The van der Waals surface area contributed by atoms with Crippen molar-refractivity contribution in [2.24, 2.45) is 0 Å². The molecule has 0 aliphatic heterocycles. The molecule has 0 aliphatic carbocycles. The van der Waals surface area contributed by atoms with E-state index in [9.17, 15) is 15.0 Å². The maximum absolute atomic E-state index is 11.9. The summed E-state index contributed by atoms with van der Waals surface area (Å²) >= 11 is 0. The number of hydrogen-bond donors (Lipinski definition) is 2. The Labute approximate surface area is 249 Å². The van der Waals surface area contributed by atoms with E-state index in [4.69, 9.17) is 4.74 Å². The number of carbonyl (C=O) groups is 1. The zero-order valence-corrected chi connectivity index (χ0v) is 26.8. The van der Waals surface area contributed by atoms with Crippen LogP contribution in [-0.4, -0.2) is 35.0 Å². The second-order valence-electron chi connectivity index (χ2n) is 11.9. The fourth-order valence-corrected chi connectivity index (χ4v) is 4.98. The molecule has 0 fully saturated rings. The molecule has 4 heteroatoms. The summed E-state index contributed by atoms with van der Waals surface area (Å²) in [6.45, 7) is 5.00. The highest BCUT2D eigenvalue weighted by Crippen LogP contribution is 2.13. The standard InChI is InChI=1S/C36H68O4/c1-3-5-7-22-28-34(37)30-24-18-14-10-9-13-17-21-27-33-40-36(39)32-26-20-16-12-11-15-19-25-31-35(38)29-23-8-6-4-2/h18-19,24-25,34-35,37-38H,3-17,20-23,26-33H2,1-2H3/b24-18+,25-19-/t34-,35-/m1/s1. The van der Waals surface area contributed by atoms with Gasteiger partial charge in [0.25, 0.3) is 0 Å². The van der Waals surface area contributed by atoms with Crippen LogP contribution in [0.2, 0.25) is 0 Å². The molecule has 0 aromatic carbocycles. The average Bonchev–Trinajstić information content (AvgIpc) is 2.95. The van der Waals surface area contributed by atoms with Gasteiger partial charge < -0.3 is 14.9 Å². The van der Waals surface area contributed by atoms with Gasteiger partial charge in [0.2, 0.25) is 0 Å². The van der Waals surface area contributed by atoms with Crippen LogP contribution < -0.4 is 0 Å².